The van der Waals surface area contributed by atoms with Gasteiger partial charge < -0.3 is 4.42 Å². The lowest BCUT2D eigenvalue weighted by Crippen LogP contribution is -2.00. The van der Waals surface area contributed by atoms with Crippen LogP contribution in [-0.2, 0) is 0 Å². The van der Waals surface area contributed by atoms with Crippen molar-refractivity contribution >= 4 is 53.4 Å². The molecule has 0 radical (unpaired) electrons. The molecule has 0 bridgehead atoms. The van der Waals surface area contributed by atoms with Crippen molar-refractivity contribution < 1.29 is 4.42 Å². The highest BCUT2D eigenvalue weighted by molar-refractivity contribution is 7.26. The maximum absolute atomic E-state index is 6.53. The van der Waals surface area contributed by atoms with Crippen molar-refractivity contribution in [3.05, 3.63) is 188 Å². The molecule has 5 heteroatoms. The summed E-state index contributed by atoms with van der Waals surface area (Å²) in [4.78, 5) is 15.0. The second-order valence-corrected chi connectivity index (χ2v) is 15.0. The second kappa shape index (κ2) is 13.3. The Morgan fingerprint density at radius 3 is 1.62 bits per heavy atom. The van der Waals surface area contributed by atoms with Gasteiger partial charge in [-0.1, -0.05) is 158 Å². The van der Waals surface area contributed by atoms with Gasteiger partial charge in [0.2, 0.25) is 0 Å². The molecular weight excluding hydrogens is 703 g/mol. The molecule has 11 aromatic rings. The lowest BCUT2D eigenvalue weighted by molar-refractivity contribution is 0.669. The predicted molar refractivity (Wildman–Crippen MR) is 233 cm³/mol. The van der Waals surface area contributed by atoms with Crippen molar-refractivity contribution in [1.82, 2.24) is 15.0 Å². The van der Waals surface area contributed by atoms with E-state index < -0.39 is 0 Å². The van der Waals surface area contributed by atoms with Crippen LogP contribution in [0.5, 0.6) is 0 Å². The third kappa shape index (κ3) is 5.56. The van der Waals surface area contributed by atoms with Gasteiger partial charge in [0.25, 0.3) is 0 Å². The van der Waals surface area contributed by atoms with Crippen LogP contribution in [0.25, 0.3) is 110 Å². The summed E-state index contributed by atoms with van der Waals surface area (Å²) in [5, 5.41) is 4.69. The minimum Gasteiger partial charge on any atom is -0.456 e. The molecule has 0 fully saturated rings. The van der Waals surface area contributed by atoms with E-state index in [4.69, 9.17) is 19.4 Å². The standard InChI is InChI=1S/C51H31N3OS/c1-4-12-32(13-5-1)33-22-24-36(25-23-33)50-52-49(35-16-8-3-9-17-35)53-51(54-50)38-26-28-41-43-30-37(27-29-44(43)55-45(41)31-38)39-18-11-21-46-47(39)42-20-10-19-40(48(42)56-46)34-14-6-2-7-15-34/h1-31H. The van der Waals surface area contributed by atoms with E-state index in [1.54, 1.807) is 0 Å². The fourth-order valence-electron chi connectivity index (χ4n) is 7.81. The van der Waals surface area contributed by atoms with Crippen LogP contribution in [0.3, 0.4) is 0 Å². The summed E-state index contributed by atoms with van der Waals surface area (Å²) < 4.78 is 9.12. The zero-order valence-corrected chi connectivity index (χ0v) is 30.9. The Kier molecular flexibility index (Phi) is 7.64. The van der Waals surface area contributed by atoms with Crippen molar-refractivity contribution in [2.75, 3.05) is 0 Å². The largest absolute Gasteiger partial charge is 0.456 e. The highest BCUT2D eigenvalue weighted by atomic mass is 32.1. The van der Waals surface area contributed by atoms with E-state index in [-0.39, 0.29) is 0 Å². The SMILES string of the molecule is c1ccc(-c2ccc(-c3nc(-c4ccccc4)nc(-c4ccc5c(c4)oc4ccc(-c6cccc7sc8c(-c9ccccc9)cccc8c67)cc45)n3)cc2)cc1. The fourth-order valence-corrected chi connectivity index (χ4v) is 9.07. The molecule has 0 aliphatic carbocycles. The zero-order valence-electron chi connectivity index (χ0n) is 30.1. The van der Waals surface area contributed by atoms with E-state index in [1.165, 1.54) is 42.4 Å². The summed E-state index contributed by atoms with van der Waals surface area (Å²) >= 11 is 1.86. The molecule has 0 saturated heterocycles. The summed E-state index contributed by atoms with van der Waals surface area (Å²) in [5.41, 5.74) is 11.5. The Bertz CT molecular complexity index is 3230. The van der Waals surface area contributed by atoms with Gasteiger partial charge in [0.05, 0.1) is 0 Å². The topological polar surface area (TPSA) is 51.8 Å². The number of hydrogen-bond acceptors (Lipinski definition) is 5. The first-order chi connectivity index (χ1) is 27.7. The molecule has 0 aliphatic rings. The van der Waals surface area contributed by atoms with E-state index >= 15 is 0 Å². The van der Waals surface area contributed by atoms with Gasteiger partial charge in [-0.15, -0.1) is 11.3 Å². The van der Waals surface area contributed by atoms with Gasteiger partial charge in [0.15, 0.2) is 17.5 Å². The smallest absolute Gasteiger partial charge is 0.164 e. The van der Waals surface area contributed by atoms with Crippen LogP contribution in [-0.4, -0.2) is 15.0 Å². The van der Waals surface area contributed by atoms with Gasteiger partial charge in [0.1, 0.15) is 11.2 Å². The van der Waals surface area contributed by atoms with Crippen LogP contribution < -0.4 is 0 Å². The highest BCUT2D eigenvalue weighted by Gasteiger charge is 2.18. The maximum Gasteiger partial charge on any atom is 0.164 e. The van der Waals surface area contributed by atoms with E-state index in [9.17, 15) is 0 Å². The van der Waals surface area contributed by atoms with Gasteiger partial charge in [-0.25, -0.2) is 15.0 Å². The minimum absolute atomic E-state index is 0.593. The third-order valence-corrected chi connectivity index (χ3v) is 11.8. The maximum atomic E-state index is 6.53. The Balaban J connectivity index is 1.00. The third-order valence-electron chi connectivity index (χ3n) is 10.6. The van der Waals surface area contributed by atoms with Crippen molar-refractivity contribution in [1.29, 1.82) is 0 Å². The second-order valence-electron chi connectivity index (χ2n) is 14.0. The first kappa shape index (κ1) is 32.2. The van der Waals surface area contributed by atoms with Crippen LogP contribution in [0.15, 0.2) is 192 Å². The summed E-state index contributed by atoms with van der Waals surface area (Å²) in [6, 6.07) is 65.7. The number of rotatable bonds is 6. The molecule has 0 atom stereocenters. The molecule has 0 unspecified atom stereocenters. The molecule has 56 heavy (non-hydrogen) atoms. The number of hydrogen-bond donors (Lipinski definition) is 0. The van der Waals surface area contributed by atoms with Crippen LogP contribution in [0.4, 0.5) is 0 Å². The monoisotopic (exact) mass is 733 g/mol. The number of aromatic nitrogens is 3. The summed E-state index contributed by atoms with van der Waals surface area (Å²) in [6.45, 7) is 0. The molecular formula is C51H31N3OS. The van der Waals surface area contributed by atoms with Gasteiger partial charge in [-0.3, -0.25) is 0 Å². The first-order valence-corrected chi connectivity index (χ1v) is 19.5. The molecule has 11 rings (SSSR count). The molecule has 0 spiro atoms. The molecule has 0 aliphatic heterocycles. The Hall–Kier alpha value is -7.21. The average Bonchev–Trinajstić information content (AvgIpc) is 3.85. The van der Waals surface area contributed by atoms with E-state index in [1.807, 2.05) is 47.7 Å². The molecule has 0 N–H and O–H groups in total. The summed E-state index contributed by atoms with van der Waals surface area (Å²) in [6.07, 6.45) is 0. The number of benzene rings is 8. The van der Waals surface area contributed by atoms with Gasteiger partial charge in [0, 0.05) is 47.6 Å². The number of furan rings is 1. The van der Waals surface area contributed by atoms with Crippen LogP contribution >= 0.6 is 11.3 Å². The summed E-state index contributed by atoms with van der Waals surface area (Å²) in [7, 11) is 0. The quantitative estimate of drug-likeness (QED) is 0.171. The predicted octanol–water partition coefficient (Wildman–Crippen LogP) is 14.1. The lowest BCUT2D eigenvalue weighted by Gasteiger charge is -2.09. The van der Waals surface area contributed by atoms with E-state index in [0.29, 0.717) is 17.5 Å². The Morgan fingerprint density at radius 2 is 0.893 bits per heavy atom. The normalized spacial score (nSPS) is 11.6. The van der Waals surface area contributed by atoms with Crippen molar-refractivity contribution in [3.63, 3.8) is 0 Å². The van der Waals surface area contributed by atoms with Crippen LogP contribution in [0.2, 0.25) is 0 Å². The first-order valence-electron chi connectivity index (χ1n) is 18.7. The van der Waals surface area contributed by atoms with Crippen molar-refractivity contribution in [3.8, 4) is 67.5 Å². The molecule has 0 saturated carbocycles. The Labute approximate surface area is 327 Å². The van der Waals surface area contributed by atoms with Crippen molar-refractivity contribution in [2.45, 2.75) is 0 Å². The molecule has 4 nitrogen and oxygen atoms in total. The number of thiophene rings is 1. The summed E-state index contributed by atoms with van der Waals surface area (Å²) in [5.74, 6) is 1.84. The number of fused-ring (bicyclic) bond motifs is 6. The minimum atomic E-state index is 0.593. The van der Waals surface area contributed by atoms with Crippen LogP contribution in [0, 0.1) is 0 Å². The molecule has 8 aromatic carbocycles. The zero-order chi connectivity index (χ0) is 37.0. The molecule has 3 heterocycles. The van der Waals surface area contributed by atoms with Gasteiger partial charge in [-0.05, 0) is 63.7 Å². The van der Waals surface area contributed by atoms with Gasteiger partial charge in [-0.2, -0.15) is 0 Å². The average molecular weight is 734 g/mol. The molecule has 0 amide bonds. The van der Waals surface area contributed by atoms with E-state index in [0.717, 1.165) is 49.8 Å². The lowest BCUT2D eigenvalue weighted by atomic mass is 9.96. The number of nitrogens with zero attached hydrogens (tertiary/aromatic N) is 3. The van der Waals surface area contributed by atoms with E-state index in [2.05, 4.69) is 152 Å². The van der Waals surface area contributed by atoms with Crippen LogP contribution in [0.1, 0.15) is 0 Å². The van der Waals surface area contributed by atoms with Crippen molar-refractivity contribution in [2.24, 2.45) is 0 Å². The van der Waals surface area contributed by atoms with Gasteiger partial charge >= 0.3 is 0 Å². The highest BCUT2D eigenvalue weighted by Crippen LogP contribution is 2.45. The fraction of sp³-hybridized carbons (Fsp3) is 0. The molecule has 3 aromatic heterocycles. The Morgan fingerprint density at radius 1 is 0.339 bits per heavy atom. The molecule has 262 valence electrons.